The van der Waals surface area contributed by atoms with Gasteiger partial charge in [0.1, 0.15) is 0 Å². The maximum absolute atomic E-state index is 9.60. The molecule has 0 atom stereocenters. The molecular formula is C42H26. The molecule has 0 N–H and O–H groups in total. The van der Waals surface area contributed by atoms with E-state index in [9.17, 15) is 12.3 Å². The average molecular weight is 557 g/mol. The highest BCUT2D eigenvalue weighted by Crippen LogP contribution is 2.41. The summed E-state index contributed by atoms with van der Waals surface area (Å²) in [4.78, 5) is 0. The third-order valence-corrected chi connectivity index (χ3v) is 6.94. The normalized spacial score (nSPS) is 20.5. The Bertz CT molecular complexity index is 3940. The Morgan fingerprint density at radius 1 is 0.286 bits per heavy atom. The molecule has 0 fully saturated rings. The maximum atomic E-state index is 9.60. The molecule has 0 nitrogen and oxygen atoms in total. The van der Waals surface area contributed by atoms with Crippen LogP contribution in [0.25, 0.3) is 86.9 Å². The lowest BCUT2D eigenvalue weighted by Crippen LogP contribution is -1.88. The highest BCUT2D eigenvalue weighted by atomic mass is 14.2. The summed E-state index contributed by atoms with van der Waals surface area (Å²) in [6, 6.07) is -22.7. The summed E-state index contributed by atoms with van der Waals surface area (Å²) in [5.74, 6) is 0. The molecule has 0 radical (unpaired) electrons. The Labute approximate surface area is 280 Å². The number of fused-ring (bicyclic) bond motifs is 8. The lowest BCUT2D eigenvalue weighted by molar-refractivity contribution is 1.65. The highest BCUT2D eigenvalue weighted by Gasteiger charge is 2.14. The molecule has 0 saturated carbocycles. The van der Waals surface area contributed by atoms with E-state index < -0.39 is 244 Å². The van der Waals surface area contributed by atoms with Crippen LogP contribution >= 0.6 is 0 Å². The van der Waals surface area contributed by atoms with Crippen LogP contribution in [-0.2, 0) is 0 Å². The van der Waals surface area contributed by atoms with Gasteiger partial charge in [-0.2, -0.15) is 0 Å². The molecule has 9 aromatic carbocycles. The molecule has 0 aliphatic carbocycles. The Morgan fingerprint density at radius 3 is 1.48 bits per heavy atom. The first-order valence-corrected chi connectivity index (χ1v) is 12.5. The van der Waals surface area contributed by atoms with E-state index in [4.69, 9.17) is 23.3 Å². The molecular weight excluding hydrogens is 504 g/mol. The Kier molecular flexibility index (Phi) is 1.99. The van der Waals surface area contributed by atoms with Gasteiger partial charge < -0.3 is 0 Å². The SMILES string of the molecule is [2H]c1c([2H])c(-c2c3c([2H])c([2H])c([2H])c([2H])c3c([2H])c3c2c([2H])c([2H])c2c([2H])c([2H])c([2H])c([2H])c23)c([2H])c([2H])c1-c1c([2H])c2c([2H])c([2H])c([2H])c([2H])c2c2c([2H])c3c([2H])c([2H])c([2H])c([2H])c3c([2H])c12. The zero-order valence-corrected chi connectivity index (χ0v) is 21.0. The van der Waals surface area contributed by atoms with E-state index in [0.29, 0.717) is 0 Å². The molecule has 194 valence electrons. The summed E-state index contributed by atoms with van der Waals surface area (Å²) in [5.41, 5.74) is -3.05. The fourth-order valence-electron chi connectivity index (χ4n) is 5.09. The second-order valence-electron chi connectivity index (χ2n) is 9.25. The predicted molar refractivity (Wildman–Crippen MR) is 182 cm³/mol. The van der Waals surface area contributed by atoms with Gasteiger partial charge in [-0.05, 0) is 111 Å². The van der Waals surface area contributed by atoms with Crippen LogP contribution < -0.4 is 0 Å². The van der Waals surface area contributed by atoms with Crippen molar-refractivity contribution >= 4 is 64.6 Å². The molecule has 0 aliphatic rings. The van der Waals surface area contributed by atoms with Gasteiger partial charge in [-0.15, -0.1) is 0 Å². The molecule has 0 spiro atoms. The standard InChI is InChI=1S/C42H26/c1-2-11-31-24-41-38(25-32-12-4-7-15-35(32)40(41)23-30(31)10-1)28-17-19-29(20-18-28)42-36-16-8-5-13-33(36)26-39-34-14-6-3-9-27(34)21-22-37(39)42/h1-26H/i1D,2D,3D,4D,5D,6D,7D,8D,9D,10D,11D,12D,13D,14D,15D,16D,17D,18D,19D,20D,21D,22D,23D,24D,25D,26D. The summed E-state index contributed by atoms with van der Waals surface area (Å²) in [6.45, 7) is 0. The molecule has 42 heavy (non-hydrogen) atoms. The van der Waals surface area contributed by atoms with E-state index in [2.05, 4.69) is 0 Å². The van der Waals surface area contributed by atoms with Crippen LogP contribution in [0.3, 0.4) is 0 Å². The van der Waals surface area contributed by atoms with Crippen LogP contribution in [0.5, 0.6) is 0 Å². The van der Waals surface area contributed by atoms with Crippen molar-refractivity contribution < 1.29 is 35.6 Å². The lowest BCUT2D eigenvalue weighted by Gasteiger charge is -2.15. The van der Waals surface area contributed by atoms with E-state index in [1.807, 2.05) is 0 Å². The van der Waals surface area contributed by atoms with Gasteiger partial charge in [0.05, 0.1) is 35.6 Å². The summed E-state index contributed by atoms with van der Waals surface area (Å²) in [5, 5.41) is -6.93. The van der Waals surface area contributed by atoms with Gasteiger partial charge in [0.25, 0.3) is 0 Å². The van der Waals surface area contributed by atoms with Crippen LogP contribution in [0.2, 0.25) is 0 Å². The topological polar surface area (TPSA) is 0 Å². The minimum Gasteiger partial charge on any atom is -0.0616 e. The first-order chi connectivity index (χ1) is 31.7. The molecule has 0 bridgehead atoms. The minimum atomic E-state index is -1.07. The largest absolute Gasteiger partial charge is 0.0636 e. The minimum absolute atomic E-state index is 0.523. The van der Waals surface area contributed by atoms with Gasteiger partial charge >= 0.3 is 0 Å². The van der Waals surface area contributed by atoms with Crippen molar-refractivity contribution in [1.82, 2.24) is 0 Å². The van der Waals surface area contributed by atoms with Crippen molar-refractivity contribution in [2.75, 3.05) is 0 Å². The molecule has 0 unspecified atom stereocenters. The molecule has 0 heterocycles. The van der Waals surface area contributed by atoms with Crippen LogP contribution in [0.15, 0.2) is 157 Å². The van der Waals surface area contributed by atoms with Crippen molar-refractivity contribution in [3.8, 4) is 22.3 Å². The van der Waals surface area contributed by atoms with Gasteiger partial charge in [-0.1, -0.05) is 133 Å². The summed E-state index contributed by atoms with van der Waals surface area (Å²) >= 11 is 0. The predicted octanol–water partition coefficient (Wildman–Crippen LogP) is 11.9. The quantitative estimate of drug-likeness (QED) is 0.147. The molecule has 9 aromatic rings. The lowest BCUT2D eigenvalue weighted by atomic mass is 9.88. The second kappa shape index (κ2) is 9.03. The Hall–Kier alpha value is -5.46. The highest BCUT2D eigenvalue weighted by molar-refractivity contribution is 6.20. The maximum Gasteiger partial charge on any atom is 0.0636 e. The van der Waals surface area contributed by atoms with Crippen molar-refractivity contribution in [2.45, 2.75) is 0 Å². The molecule has 0 aromatic heterocycles. The van der Waals surface area contributed by atoms with E-state index in [-0.39, 0.29) is 0 Å². The van der Waals surface area contributed by atoms with Gasteiger partial charge in [0, 0.05) is 0 Å². The number of benzene rings is 9. The van der Waals surface area contributed by atoms with Crippen LogP contribution in [0.1, 0.15) is 35.6 Å². The van der Waals surface area contributed by atoms with Crippen molar-refractivity contribution in [3.63, 3.8) is 0 Å². The third-order valence-electron chi connectivity index (χ3n) is 6.94. The van der Waals surface area contributed by atoms with Gasteiger partial charge in [-0.3, -0.25) is 0 Å². The van der Waals surface area contributed by atoms with E-state index in [1.54, 1.807) is 0 Å². The summed E-state index contributed by atoms with van der Waals surface area (Å²) < 4.78 is 233. The number of hydrogen-bond acceptors (Lipinski definition) is 0. The zero-order valence-electron chi connectivity index (χ0n) is 47.0. The van der Waals surface area contributed by atoms with Crippen molar-refractivity contribution in [1.29, 1.82) is 0 Å². The third kappa shape index (κ3) is 3.49. The van der Waals surface area contributed by atoms with E-state index in [1.165, 1.54) is 0 Å². The van der Waals surface area contributed by atoms with Gasteiger partial charge in [0.15, 0.2) is 0 Å². The van der Waals surface area contributed by atoms with Gasteiger partial charge in [0.2, 0.25) is 0 Å². The fourth-order valence-corrected chi connectivity index (χ4v) is 5.09. The molecule has 0 amide bonds. The zero-order chi connectivity index (χ0) is 50.2. The second-order valence-corrected chi connectivity index (χ2v) is 9.25. The molecule has 0 saturated heterocycles. The van der Waals surface area contributed by atoms with Crippen LogP contribution in [0.4, 0.5) is 0 Å². The molecule has 9 rings (SSSR count). The van der Waals surface area contributed by atoms with Crippen LogP contribution in [-0.4, -0.2) is 0 Å². The summed E-state index contributed by atoms with van der Waals surface area (Å²) in [7, 11) is 0. The number of hydrogen-bond donors (Lipinski definition) is 0. The summed E-state index contributed by atoms with van der Waals surface area (Å²) in [6.07, 6.45) is 0. The molecule has 0 heteroatoms. The Balaban J connectivity index is 1.58. The molecule has 0 aliphatic heterocycles. The van der Waals surface area contributed by atoms with E-state index >= 15 is 0 Å². The van der Waals surface area contributed by atoms with Crippen molar-refractivity contribution in [3.05, 3.63) is 157 Å². The average Bonchev–Trinajstić information content (AvgIpc) is 3.30. The number of rotatable bonds is 2. The first kappa shape index (κ1) is 9.28. The smallest absolute Gasteiger partial charge is 0.0616 e. The van der Waals surface area contributed by atoms with Gasteiger partial charge in [-0.25, -0.2) is 0 Å². The fraction of sp³-hybridized carbons (Fsp3) is 0. The van der Waals surface area contributed by atoms with Crippen molar-refractivity contribution in [2.24, 2.45) is 0 Å². The monoisotopic (exact) mass is 556 g/mol. The Morgan fingerprint density at radius 2 is 0.762 bits per heavy atom. The first-order valence-electron chi connectivity index (χ1n) is 25.5. The van der Waals surface area contributed by atoms with E-state index in [0.717, 1.165) is 0 Å². The van der Waals surface area contributed by atoms with Crippen LogP contribution in [0, 0.1) is 0 Å².